The highest BCUT2D eigenvalue weighted by atomic mass is 35.5. The zero-order valence-corrected chi connectivity index (χ0v) is 22.8. The zero-order valence-electron chi connectivity index (χ0n) is 21.2. The van der Waals surface area contributed by atoms with Gasteiger partial charge in [0.25, 0.3) is 5.56 Å². The van der Waals surface area contributed by atoms with Gasteiger partial charge in [0, 0.05) is 16.1 Å². The molecule has 200 valence electrons. The number of nitrogens with one attached hydrogen (secondary N) is 1. The summed E-state index contributed by atoms with van der Waals surface area (Å²) < 4.78 is 6.59. The van der Waals surface area contributed by atoms with Crippen molar-refractivity contribution in [2.75, 3.05) is 5.32 Å². The maximum atomic E-state index is 13.3. The molecule has 0 aliphatic carbocycles. The van der Waals surface area contributed by atoms with Crippen molar-refractivity contribution < 1.29 is 19.1 Å². The van der Waals surface area contributed by atoms with Gasteiger partial charge in [0.1, 0.15) is 22.9 Å². The van der Waals surface area contributed by atoms with E-state index >= 15 is 0 Å². The molecule has 3 aromatic carbocycles. The molecule has 0 aliphatic heterocycles. The average Bonchev–Trinajstić information content (AvgIpc) is 3.31. The highest BCUT2D eigenvalue weighted by molar-refractivity contribution is 7.20. The number of rotatable bonds is 8. The molecule has 8 nitrogen and oxygen atoms in total. The number of anilines is 1. The maximum Gasteiger partial charge on any atom is 0.349 e. The number of hydrogen-bond acceptors (Lipinski definition) is 7. The molecule has 5 aromatic rings. The van der Waals surface area contributed by atoms with E-state index in [0.29, 0.717) is 21.0 Å². The number of carbonyl (C=O) groups excluding carboxylic acids is 3. The number of amides is 1. The van der Waals surface area contributed by atoms with Gasteiger partial charge in [0.05, 0.1) is 17.4 Å². The van der Waals surface area contributed by atoms with Crippen LogP contribution in [-0.4, -0.2) is 27.2 Å². The molecule has 0 radical (unpaired) electrons. The number of ketones is 1. The summed E-state index contributed by atoms with van der Waals surface area (Å²) in [5, 5.41) is 3.30. The molecule has 0 atom stereocenters. The van der Waals surface area contributed by atoms with Crippen molar-refractivity contribution in [3.8, 4) is 0 Å². The largest absolute Gasteiger partial charge is 0.457 e. The molecule has 5 rings (SSSR count). The summed E-state index contributed by atoms with van der Waals surface area (Å²) in [5.74, 6) is -1.39. The Morgan fingerprint density at radius 3 is 2.42 bits per heavy atom. The van der Waals surface area contributed by atoms with E-state index in [2.05, 4.69) is 10.3 Å². The number of thiophene rings is 1. The fraction of sp³-hybridized carbons (Fsp3) is 0.100. The first-order chi connectivity index (χ1) is 19.3. The smallest absolute Gasteiger partial charge is 0.349 e. The van der Waals surface area contributed by atoms with E-state index in [1.54, 1.807) is 43.3 Å². The Labute approximate surface area is 237 Å². The Bertz CT molecular complexity index is 1800. The van der Waals surface area contributed by atoms with Crippen LogP contribution in [0.3, 0.4) is 0 Å². The van der Waals surface area contributed by atoms with Gasteiger partial charge in [-0.1, -0.05) is 72.3 Å². The topological polar surface area (TPSA) is 107 Å². The van der Waals surface area contributed by atoms with Crippen LogP contribution in [0.15, 0.2) is 90.0 Å². The monoisotopic (exact) mass is 571 g/mol. The number of esters is 1. The predicted molar refractivity (Wildman–Crippen MR) is 154 cm³/mol. The SMILES string of the molecule is Cc1c(C(=O)OCc2ccccc2)sc2ncn(CC(=O)Nc3ccc(Cl)cc3C(=O)c3ccccc3)c(=O)c12. The lowest BCUT2D eigenvalue weighted by Crippen LogP contribution is -2.28. The third kappa shape index (κ3) is 5.70. The van der Waals surface area contributed by atoms with E-state index < -0.39 is 17.4 Å². The van der Waals surface area contributed by atoms with E-state index in [1.807, 2.05) is 30.3 Å². The van der Waals surface area contributed by atoms with Crippen LogP contribution in [0.4, 0.5) is 5.69 Å². The van der Waals surface area contributed by atoms with Gasteiger partial charge in [-0.3, -0.25) is 19.0 Å². The molecule has 0 saturated heterocycles. The highest BCUT2D eigenvalue weighted by Gasteiger charge is 2.22. The van der Waals surface area contributed by atoms with Gasteiger partial charge in [-0.2, -0.15) is 0 Å². The zero-order chi connectivity index (χ0) is 28.2. The second kappa shape index (κ2) is 11.6. The number of nitrogens with zero attached hydrogens (tertiary/aromatic N) is 2. The summed E-state index contributed by atoms with van der Waals surface area (Å²) in [6.45, 7) is 1.40. The average molecular weight is 572 g/mol. The van der Waals surface area contributed by atoms with Gasteiger partial charge in [0.15, 0.2) is 5.78 Å². The molecule has 1 N–H and O–H groups in total. The van der Waals surface area contributed by atoms with Gasteiger partial charge in [-0.05, 0) is 36.2 Å². The summed E-state index contributed by atoms with van der Waals surface area (Å²) in [7, 11) is 0. The minimum atomic E-state index is -0.550. The third-order valence-corrected chi connectivity index (χ3v) is 7.58. The van der Waals surface area contributed by atoms with Gasteiger partial charge in [0.2, 0.25) is 5.91 Å². The number of benzene rings is 3. The summed E-state index contributed by atoms with van der Waals surface area (Å²) in [4.78, 5) is 57.0. The lowest BCUT2D eigenvalue weighted by Gasteiger charge is -2.12. The Morgan fingerprint density at radius 1 is 1.00 bits per heavy atom. The molecule has 10 heteroatoms. The normalized spacial score (nSPS) is 10.8. The lowest BCUT2D eigenvalue weighted by molar-refractivity contribution is -0.116. The summed E-state index contributed by atoms with van der Waals surface area (Å²) in [6.07, 6.45) is 1.26. The lowest BCUT2D eigenvalue weighted by atomic mass is 10.0. The maximum absolute atomic E-state index is 13.3. The van der Waals surface area contributed by atoms with Crippen LogP contribution in [0.25, 0.3) is 10.2 Å². The molecule has 0 unspecified atom stereocenters. The highest BCUT2D eigenvalue weighted by Crippen LogP contribution is 2.28. The third-order valence-electron chi connectivity index (χ3n) is 6.17. The molecule has 1 amide bonds. The van der Waals surface area contributed by atoms with Gasteiger partial charge in [-0.25, -0.2) is 9.78 Å². The Balaban J connectivity index is 1.35. The number of carbonyl (C=O) groups is 3. The van der Waals surface area contributed by atoms with E-state index in [1.165, 1.54) is 18.5 Å². The molecule has 0 aliphatic rings. The van der Waals surface area contributed by atoms with Crippen molar-refractivity contribution in [2.45, 2.75) is 20.1 Å². The first-order valence-corrected chi connectivity index (χ1v) is 13.4. The molecule has 0 fully saturated rings. The van der Waals surface area contributed by atoms with E-state index in [9.17, 15) is 19.2 Å². The second-order valence-corrected chi connectivity index (χ2v) is 10.3. The molecule has 0 bridgehead atoms. The van der Waals surface area contributed by atoms with E-state index in [0.717, 1.165) is 21.5 Å². The van der Waals surface area contributed by atoms with Gasteiger partial charge < -0.3 is 10.1 Å². The second-order valence-electron chi connectivity index (χ2n) is 8.91. The van der Waals surface area contributed by atoms with Crippen LogP contribution in [0.1, 0.15) is 36.7 Å². The van der Waals surface area contributed by atoms with E-state index in [-0.39, 0.29) is 40.4 Å². The van der Waals surface area contributed by atoms with Crippen LogP contribution >= 0.6 is 22.9 Å². The number of ether oxygens (including phenoxy) is 1. The minimum Gasteiger partial charge on any atom is -0.457 e. The van der Waals surface area contributed by atoms with Crippen molar-refractivity contribution in [3.05, 3.63) is 128 Å². The number of halogens is 1. The van der Waals surface area contributed by atoms with Crippen LogP contribution in [0.2, 0.25) is 5.02 Å². The summed E-state index contributed by atoms with van der Waals surface area (Å²) in [5.41, 5.74) is 1.75. The summed E-state index contributed by atoms with van der Waals surface area (Å²) >= 11 is 7.20. The molecule has 0 saturated carbocycles. The standard InChI is InChI=1S/C30H22ClN3O5S/c1-18-25-28(40-27(18)30(38)39-16-19-8-4-2-5-9-19)32-17-34(29(25)37)15-24(35)33-23-13-12-21(31)14-22(23)26(36)20-10-6-3-7-11-20/h2-14,17H,15-16H2,1H3,(H,33,35). The number of aryl methyl sites for hydroxylation is 1. The number of fused-ring (bicyclic) bond motifs is 1. The van der Waals surface area contributed by atoms with Crippen molar-refractivity contribution in [1.82, 2.24) is 9.55 Å². The first kappa shape index (κ1) is 27.0. The molecule has 0 spiro atoms. The molecule has 2 heterocycles. The Kier molecular flexibility index (Phi) is 7.86. The number of aromatic nitrogens is 2. The predicted octanol–water partition coefficient (Wildman–Crippen LogP) is 5.65. The van der Waals surface area contributed by atoms with Crippen LogP contribution in [0, 0.1) is 6.92 Å². The quantitative estimate of drug-likeness (QED) is 0.191. The van der Waals surface area contributed by atoms with E-state index in [4.69, 9.17) is 16.3 Å². The Hall–Kier alpha value is -4.60. The van der Waals surface area contributed by atoms with Crippen LogP contribution < -0.4 is 10.9 Å². The van der Waals surface area contributed by atoms with Crippen molar-refractivity contribution in [1.29, 1.82) is 0 Å². The van der Waals surface area contributed by atoms with Crippen LogP contribution in [-0.2, 0) is 22.7 Å². The van der Waals surface area contributed by atoms with Crippen LogP contribution in [0.5, 0.6) is 0 Å². The number of hydrogen-bond donors (Lipinski definition) is 1. The first-order valence-electron chi connectivity index (χ1n) is 12.2. The molecule has 40 heavy (non-hydrogen) atoms. The van der Waals surface area contributed by atoms with Gasteiger partial charge in [-0.15, -0.1) is 11.3 Å². The molecule has 2 aromatic heterocycles. The minimum absolute atomic E-state index is 0.102. The van der Waals surface area contributed by atoms with Crippen molar-refractivity contribution >= 4 is 56.5 Å². The Morgan fingerprint density at radius 2 is 1.70 bits per heavy atom. The molecular formula is C30H22ClN3O5S. The fourth-order valence-corrected chi connectivity index (χ4v) is 5.36. The fourth-order valence-electron chi connectivity index (χ4n) is 4.16. The summed E-state index contributed by atoms with van der Waals surface area (Å²) in [6, 6.07) is 22.5. The van der Waals surface area contributed by atoms with Crippen molar-refractivity contribution in [3.63, 3.8) is 0 Å². The van der Waals surface area contributed by atoms with Crippen molar-refractivity contribution in [2.24, 2.45) is 0 Å². The van der Waals surface area contributed by atoms with Gasteiger partial charge >= 0.3 is 5.97 Å². The molecular weight excluding hydrogens is 550 g/mol.